The van der Waals surface area contributed by atoms with Crippen LogP contribution in [-0.2, 0) is 14.8 Å². The van der Waals surface area contributed by atoms with Gasteiger partial charge in [0.1, 0.15) is 4.90 Å². The SMILES string of the molecule is COC1CC(NS(=O)(=O)c2cnc(NN)nc2)C1(C)C. The molecular formula is C11H19N5O3S. The van der Waals surface area contributed by atoms with Gasteiger partial charge < -0.3 is 4.74 Å². The molecule has 1 aliphatic carbocycles. The standard InChI is InChI=1S/C11H19N5O3S/c1-11(2)8(4-9(11)19-3)16-20(17,18)7-5-13-10(15-12)14-6-7/h5-6,8-9,16H,4,12H2,1-3H3,(H,13,14,15). The van der Waals surface area contributed by atoms with Crippen LogP contribution in [0.4, 0.5) is 5.95 Å². The molecular weight excluding hydrogens is 282 g/mol. The number of ether oxygens (including phenoxy) is 1. The monoisotopic (exact) mass is 301 g/mol. The van der Waals surface area contributed by atoms with Crippen LogP contribution in [0.5, 0.6) is 0 Å². The maximum Gasteiger partial charge on any atom is 0.243 e. The number of nitrogens with one attached hydrogen (secondary N) is 2. The van der Waals surface area contributed by atoms with Crippen LogP contribution in [0.2, 0.25) is 0 Å². The topological polar surface area (TPSA) is 119 Å². The van der Waals surface area contributed by atoms with Gasteiger partial charge in [-0.25, -0.2) is 29.0 Å². The van der Waals surface area contributed by atoms with Gasteiger partial charge in [-0.15, -0.1) is 0 Å². The summed E-state index contributed by atoms with van der Waals surface area (Å²) in [7, 11) is -2.02. The van der Waals surface area contributed by atoms with Crippen LogP contribution in [0, 0.1) is 5.41 Å². The minimum atomic E-state index is -3.65. The van der Waals surface area contributed by atoms with Crippen LogP contribution in [0.15, 0.2) is 17.3 Å². The normalized spacial score (nSPS) is 25.0. The van der Waals surface area contributed by atoms with Gasteiger partial charge in [-0.05, 0) is 6.42 Å². The lowest BCUT2D eigenvalue weighted by Crippen LogP contribution is -2.61. The number of methoxy groups -OCH3 is 1. The molecule has 9 heteroatoms. The molecule has 1 fully saturated rings. The van der Waals surface area contributed by atoms with E-state index in [-0.39, 0.29) is 28.4 Å². The number of hydrogen-bond acceptors (Lipinski definition) is 7. The van der Waals surface area contributed by atoms with E-state index in [1.54, 1.807) is 7.11 Å². The third-order valence-corrected chi connectivity index (χ3v) is 5.25. The minimum Gasteiger partial charge on any atom is -0.381 e. The molecule has 2 unspecified atom stereocenters. The maximum absolute atomic E-state index is 12.2. The first kappa shape index (κ1) is 15.1. The van der Waals surface area contributed by atoms with Crippen LogP contribution in [0.25, 0.3) is 0 Å². The van der Waals surface area contributed by atoms with Crippen LogP contribution in [0.1, 0.15) is 20.3 Å². The summed E-state index contributed by atoms with van der Waals surface area (Å²) in [6.07, 6.45) is 3.12. The number of aromatic nitrogens is 2. The average Bonchev–Trinajstić information content (AvgIpc) is 2.43. The molecule has 4 N–H and O–H groups in total. The molecule has 1 heterocycles. The van der Waals surface area contributed by atoms with E-state index in [2.05, 4.69) is 20.1 Å². The molecule has 2 atom stereocenters. The molecule has 0 radical (unpaired) electrons. The Morgan fingerprint density at radius 3 is 2.45 bits per heavy atom. The van der Waals surface area contributed by atoms with Crippen molar-refractivity contribution >= 4 is 16.0 Å². The minimum absolute atomic E-state index is 0.00756. The third kappa shape index (κ3) is 2.62. The second-order valence-corrected chi connectivity index (χ2v) is 7.06. The van der Waals surface area contributed by atoms with Crippen molar-refractivity contribution in [2.75, 3.05) is 12.5 Å². The van der Waals surface area contributed by atoms with Crippen molar-refractivity contribution in [3.8, 4) is 0 Å². The van der Waals surface area contributed by atoms with Crippen LogP contribution in [-0.4, -0.2) is 37.6 Å². The Bertz CT molecular complexity index is 572. The molecule has 0 aliphatic heterocycles. The van der Waals surface area contributed by atoms with Gasteiger partial charge in [0, 0.05) is 18.6 Å². The van der Waals surface area contributed by atoms with Gasteiger partial charge in [-0.3, -0.25) is 5.43 Å². The second kappa shape index (κ2) is 5.24. The van der Waals surface area contributed by atoms with Gasteiger partial charge >= 0.3 is 0 Å². The summed E-state index contributed by atoms with van der Waals surface area (Å²) >= 11 is 0. The predicted molar refractivity (Wildman–Crippen MR) is 73.1 cm³/mol. The summed E-state index contributed by atoms with van der Waals surface area (Å²) in [4.78, 5) is 7.59. The molecule has 0 bridgehead atoms. The quantitative estimate of drug-likeness (QED) is 0.511. The van der Waals surface area contributed by atoms with Crippen molar-refractivity contribution in [2.24, 2.45) is 11.3 Å². The number of sulfonamides is 1. The molecule has 1 aromatic heterocycles. The van der Waals surface area contributed by atoms with Crippen LogP contribution >= 0.6 is 0 Å². The summed E-state index contributed by atoms with van der Waals surface area (Å²) in [5.74, 6) is 5.29. The van der Waals surface area contributed by atoms with E-state index in [1.807, 2.05) is 13.8 Å². The summed E-state index contributed by atoms with van der Waals surface area (Å²) in [5.41, 5.74) is 1.99. The highest BCUT2D eigenvalue weighted by atomic mass is 32.2. The van der Waals surface area contributed by atoms with E-state index in [9.17, 15) is 8.42 Å². The van der Waals surface area contributed by atoms with Gasteiger partial charge in [0.05, 0.1) is 18.5 Å². The number of hydrogen-bond donors (Lipinski definition) is 3. The Morgan fingerprint density at radius 2 is 2.00 bits per heavy atom. The van der Waals surface area contributed by atoms with Crippen molar-refractivity contribution in [2.45, 2.75) is 37.3 Å². The molecule has 20 heavy (non-hydrogen) atoms. The first-order valence-corrected chi connectivity index (χ1v) is 7.63. The lowest BCUT2D eigenvalue weighted by Gasteiger charge is -2.50. The average molecular weight is 301 g/mol. The second-order valence-electron chi connectivity index (χ2n) is 5.34. The molecule has 1 saturated carbocycles. The molecule has 0 aromatic carbocycles. The molecule has 112 valence electrons. The largest absolute Gasteiger partial charge is 0.381 e. The molecule has 0 amide bonds. The highest BCUT2D eigenvalue weighted by Crippen LogP contribution is 2.42. The predicted octanol–water partition coefficient (Wildman–Crippen LogP) is -0.146. The van der Waals surface area contributed by atoms with Gasteiger partial charge in [0.15, 0.2) is 0 Å². The van der Waals surface area contributed by atoms with Crippen LogP contribution in [0.3, 0.4) is 0 Å². The van der Waals surface area contributed by atoms with E-state index >= 15 is 0 Å². The zero-order valence-corrected chi connectivity index (χ0v) is 12.4. The summed E-state index contributed by atoms with van der Waals surface area (Å²) in [6, 6.07) is -0.176. The van der Waals surface area contributed by atoms with Crippen LogP contribution < -0.4 is 16.0 Å². The Kier molecular flexibility index (Phi) is 3.96. The third-order valence-electron chi connectivity index (χ3n) is 3.83. The molecule has 8 nitrogen and oxygen atoms in total. The van der Waals surface area contributed by atoms with Gasteiger partial charge in [0.25, 0.3) is 0 Å². The van der Waals surface area contributed by atoms with E-state index in [0.717, 1.165) is 0 Å². The first-order valence-electron chi connectivity index (χ1n) is 6.15. The number of nitrogen functional groups attached to an aromatic ring is 1. The number of nitrogens with zero attached hydrogens (tertiary/aromatic N) is 2. The fraction of sp³-hybridized carbons (Fsp3) is 0.636. The van der Waals surface area contributed by atoms with E-state index < -0.39 is 10.0 Å². The maximum atomic E-state index is 12.2. The Labute approximate surface area is 118 Å². The summed E-state index contributed by atoms with van der Waals surface area (Å²) in [6.45, 7) is 3.94. The molecule has 0 saturated heterocycles. The van der Waals surface area contributed by atoms with Gasteiger partial charge in [-0.1, -0.05) is 13.8 Å². The molecule has 1 aromatic rings. The summed E-state index contributed by atoms with van der Waals surface area (Å²) in [5, 5.41) is 0. The number of anilines is 1. The van der Waals surface area contributed by atoms with Crippen molar-refractivity contribution in [1.82, 2.24) is 14.7 Å². The molecule has 1 aliphatic rings. The Morgan fingerprint density at radius 1 is 1.40 bits per heavy atom. The van der Waals surface area contributed by atoms with Gasteiger partial charge in [-0.2, -0.15) is 0 Å². The van der Waals surface area contributed by atoms with E-state index in [4.69, 9.17) is 10.6 Å². The van der Waals surface area contributed by atoms with E-state index in [0.29, 0.717) is 6.42 Å². The lowest BCUT2D eigenvalue weighted by atomic mass is 9.65. The first-order chi connectivity index (χ1) is 9.31. The smallest absolute Gasteiger partial charge is 0.243 e. The molecule has 0 spiro atoms. The number of nitrogens with two attached hydrogens (primary N) is 1. The van der Waals surface area contributed by atoms with Crippen molar-refractivity contribution in [3.05, 3.63) is 12.4 Å². The number of rotatable bonds is 5. The Hall–Kier alpha value is -1.29. The summed E-state index contributed by atoms with van der Waals surface area (Å²) < 4.78 is 32.4. The van der Waals surface area contributed by atoms with Crippen molar-refractivity contribution in [1.29, 1.82) is 0 Å². The number of hydrazine groups is 1. The van der Waals surface area contributed by atoms with E-state index in [1.165, 1.54) is 12.4 Å². The Balaban J connectivity index is 2.12. The van der Waals surface area contributed by atoms with Crippen molar-refractivity contribution in [3.63, 3.8) is 0 Å². The van der Waals surface area contributed by atoms with Crippen molar-refractivity contribution < 1.29 is 13.2 Å². The highest BCUT2D eigenvalue weighted by molar-refractivity contribution is 7.89. The zero-order chi connectivity index (χ0) is 15.0. The fourth-order valence-corrected chi connectivity index (χ4v) is 3.56. The van der Waals surface area contributed by atoms with Gasteiger partial charge in [0.2, 0.25) is 16.0 Å². The fourth-order valence-electron chi connectivity index (χ4n) is 2.27. The zero-order valence-electron chi connectivity index (χ0n) is 11.6. The molecule has 2 rings (SSSR count). The highest BCUT2D eigenvalue weighted by Gasteiger charge is 2.50. The lowest BCUT2D eigenvalue weighted by molar-refractivity contribution is -0.0908.